The van der Waals surface area contributed by atoms with Gasteiger partial charge < -0.3 is 10.1 Å². The third kappa shape index (κ3) is 3.06. The van der Waals surface area contributed by atoms with Crippen molar-refractivity contribution in [2.45, 2.75) is 11.0 Å². The zero-order valence-corrected chi connectivity index (χ0v) is 10.4. The Morgan fingerprint density at radius 1 is 1.33 bits per heavy atom. The number of sulfonamides is 1. The molecule has 6 nitrogen and oxygen atoms in total. The van der Waals surface area contributed by atoms with Gasteiger partial charge in [-0.05, 0) is 12.1 Å². The van der Waals surface area contributed by atoms with E-state index in [1.807, 2.05) is 4.72 Å². The van der Waals surface area contributed by atoms with Crippen molar-refractivity contribution in [3.05, 3.63) is 30.3 Å². The fourth-order valence-electron chi connectivity index (χ4n) is 1.59. The molecule has 1 unspecified atom stereocenters. The van der Waals surface area contributed by atoms with E-state index in [9.17, 15) is 13.2 Å². The van der Waals surface area contributed by atoms with E-state index in [2.05, 4.69) is 5.32 Å². The zero-order chi connectivity index (χ0) is 13.0. The Labute approximate surface area is 105 Å². The molecule has 7 heteroatoms. The molecule has 1 fully saturated rings. The lowest BCUT2D eigenvalue weighted by molar-refractivity contribution is -0.132. The van der Waals surface area contributed by atoms with Crippen molar-refractivity contribution in [2.75, 3.05) is 19.7 Å². The Bertz CT molecular complexity index is 509. The molecule has 0 aliphatic carbocycles. The predicted molar refractivity (Wildman–Crippen MR) is 64.4 cm³/mol. The van der Waals surface area contributed by atoms with Gasteiger partial charge in [0.2, 0.25) is 0 Å². The number of morpholine rings is 1. The number of rotatable bonds is 3. The Balaban J connectivity index is 2.06. The number of hydrogen-bond acceptors (Lipinski definition) is 5. The van der Waals surface area contributed by atoms with E-state index in [0.29, 0.717) is 19.7 Å². The van der Waals surface area contributed by atoms with Crippen LogP contribution >= 0.6 is 0 Å². The highest BCUT2D eigenvalue weighted by atomic mass is 32.2. The first-order valence-corrected chi connectivity index (χ1v) is 7.02. The van der Waals surface area contributed by atoms with E-state index in [4.69, 9.17) is 4.74 Å². The van der Waals surface area contributed by atoms with Gasteiger partial charge in [-0.2, -0.15) is 0 Å². The monoisotopic (exact) mass is 270 g/mol. The molecule has 1 aromatic rings. The van der Waals surface area contributed by atoms with Crippen molar-refractivity contribution in [2.24, 2.45) is 0 Å². The summed E-state index contributed by atoms with van der Waals surface area (Å²) in [6.45, 7) is 1.37. The van der Waals surface area contributed by atoms with E-state index in [0.717, 1.165) is 0 Å². The first-order chi connectivity index (χ1) is 8.59. The second kappa shape index (κ2) is 5.47. The average Bonchev–Trinajstić information content (AvgIpc) is 2.40. The topological polar surface area (TPSA) is 84.5 Å². The average molecular weight is 270 g/mol. The highest BCUT2D eigenvalue weighted by Gasteiger charge is 2.26. The normalized spacial score (nSPS) is 20.3. The van der Waals surface area contributed by atoms with Crippen LogP contribution < -0.4 is 10.0 Å². The molecule has 2 N–H and O–H groups in total. The van der Waals surface area contributed by atoms with Gasteiger partial charge in [0.15, 0.2) is 0 Å². The van der Waals surface area contributed by atoms with E-state index >= 15 is 0 Å². The molecule has 2 rings (SSSR count). The van der Waals surface area contributed by atoms with Crippen LogP contribution in [0.25, 0.3) is 0 Å². The van der Waals surface area contributed by atoms with Crippen LogP contribution in [0.1, 0.15) is 0 Å². The third-order valence-corrected chi connectivity index (χ3v) is 3.87. The van der Waals surface area contributed by atoms with Crippen LogP contribution in [0.15, 0.2) is 35.2 Å². The van der Waals surface area contributed by atoms with E-state index in [-0.39, 0.29) is 4.90 Å². The maximum Gasteiger partial charge on any atom is 0.264 e. The molecule has 1 amide bonds. The Morgan fingerprint density at radius 3 is 2.67 bits per heavy atom. The van der Waals surface area contributed by atoms with Crippen LogP contribution in [0, 0.1) is 0 Å². The fraction of sp³-hybridized carbons (Fsp3) is 0.364. The number of carbonyl (C=O) groups excluding carboxylic acids is 1. The molecule has 1 atom stereocenters. The molecule has 18 heavy (non-hydrogen) atoms. The van der Waals surface area contributed by atoms with Gasteiger partial charge in [-0.1, -0.05) is 18.2 Å². The second-order valence-corrected chi connectivity index (χ2v) is 5.53. The number of amides is 1. The maximum atomic E-state index is 11.9. The quantitative estimate of drug-likeness (QED) is 0.772. The second-order valence-electron chi connectivity index (χ2n) is 3.85. The lowest BCUT2D eigenvalue weighted by Gasteiger charge is -2.22. The lowest BCUT2D eigenvalue weighted by Crippen LogP contribution is -2.49. The van der Waals surface area contributed by atoms with Gasteiger partial charge in [0.25, 0.3) is 15.9 Å². The fourth-order valence-corrected chi connectivity index (χ4v) is 2.62. The minimum Gasteiger partial charge on any atom is -0.366 e. The standard InChI is InChI=1S/C11H14N2O4S/c14-11(10-8-12-6-7-17-10)13-18(15,16)9-4-2-1-3-5-9/h1-5,10,12H,6-8H2,(H,13,14). The number of benzene rings is 1. The van der Waals surface area contributed by atoms with Gasteiger partial charge >= 0.3 is 0 Å². The summed E-state index contributed by atoms with van der Waals surface area (Å²) in [5, 5.41) is 2.96. The Morgan fingerprint density at radius 2 is 2.06 bits per heavy atom. The van der Waals surface area contributed by atoms with Gasteiger partial charge in [0.1, 0.15) is 6.10 Å². The summed E-state index contributed by atoms with van der Waals surface area (Å²) in [5.74, 6) is -0.647. The Kier molecular flexibility index (Phi) is 3.95. The molecule has 0 bridgehead atoms. The van der Waals surface area contributed by atoms with Crippen molar-refractivity contribution >= 4 is 15.9 Å². The van der Waals surface area contributed by atoms with Crippen molar-refractivity contribution in [3.8, 4) is 0 Å². The summed E-state index contributed by atoms with van der Waals surface area (Å²) >= 11 is 0. The molecule has 1 aliphatic rings. The molecular weight excluding hydrogens is 256 g/mol. The summed E-state index contributed by atoms with van der Waals surface area (Å²) in [6.07, 6.45) is -0.766. The third-order valence-electron chi connectivity index (χ3n) is 2.51. The van der Waals surface area contributed by atoms with Crippen LogP contribution in [0.3, 0.4) is 0 Å². The molecule has 1 heterocycles. The van der Waals surface area contributed by atoms with Gasteiger partial charge in [0.05, 0.1) is 11.5 Å². The van der Waals surface area contributed by atoms with E-state index in [1.54, 1.807) is 18.2 Å². The van der Waals surface area contributed by atoms with Gasteiger partial charge in [-0.15, -0.1) is 0 Å². The van der Waals surface area contributed by atoms with Gasteiger partial charge in [-0.3, -0.25) is 4.79 Å². The largest absolute Gasteiger partial charge is 0.366 e. The molecule has 0 aromatic heterocycles. The van der Waals surface area contributed by atoms with Gasteiger partial charge in [0, 0.05) is 13.1 Å². The summed E-state index contributed by atoms with van der Waals surface area (Å²) in [6, 6.07) is 7.75. The molecule has 1 saturated heterocycles. The zero-order valence-electron chi connectivity index (χ0n) is 9.63. The summed E-state index contributed by atoms with van der Waals surface area (Å²) < 4.78 is 30.9. The van der Waals surface area contributed by atoms with Crippen LogP contribution in [0.5, 0.6) is 0 Å². The molecule has 0 saturated carbocycles. The van der Waals surface area contributed by atoms with Gasteiger partial charge in [-0.25, -0.2) is 13.1 Å². The van der Waals surface area contributed by atoms with Crippen molar-refractivity contribution in [1.29, 1.82) is 0 Å². The number of carbonyl (C=O) groups is 1. The first kappa shape index (κ1) is 13.0. The molecular formula is C11H14N2O4S. The predicted octanol–water partition coefficient (Wildman–Crippen LogP) is -0.520. The molecule has 1 aliphatic heterocycles. The minimum absolute atomic E-state index is 0.0575. The summed E-state index contributed by atoms with van der Waals surface area (Å²) in [4.78, 5) is 11.8. The summed E-state index contributed by atoms with van der Waals surface area (Å²) in [5.41, 5.74) is 0. The van der Waals surface area contributed by atoms with Crippen molar-refractivity contribution < 1.29 is 17.9 Å². The van der Waals surface area contributed by atoms with Crippen LogP contribution in [-0.2, 0) is 19.6 Å². The Hall–Kier alpha value is -1.44. The van der Waals surface area contributed by atoms with Crippen LogP contribution in [-0.4, -0.2) is 40.1 Å². The molecule has 98 valence electrons. The SMILES string of the molecule is O=C(NS(=O)(=O)c1ccccc1)C1CNCCO1. The highest BCUT2D eigenvalue weighted by molar-refractivity contribution is 7.90. The smallest absolute Gasteiger partial charge is 0.264 e. The number of ether oxygens (including phenoxy) is 1. The summed E-state index contributed by atoms with van der Waals surface area (Å²) in [7, 11) is -3.82. The first-order valence-electron chi connectivity index (χ1n) is 5.53. The van der Waals surface area contributed by atoms with Crippen LogP contribution in [0.4, 0.5) is 0 Å². The molecule has 0 radical (unpaired) electrons. The van der Waals surface area contributed by atoms with Crippen molar-refractivity contribution in [1.82, 2.24) is 10.0 Å². The minimum atomic E-state index is -3.82. The molecule has 0 spiro atoms. The van der Waals surface area contributed by atoms with E-state index in [1.165, 1.54) is 12.1 Å². The number of nitrogens with one attached hydrogen (secondary N) is 2. The maximum absolute atomic E-state index is 11.9. The van der Waals surface area contributed by atoms with Crippen molar-refractivity contribution in [3.63, 3.8) is 0 Å². The highest BCUT2D eigenvalue weighted by Crippen LogP contribution is 2.08. The lowest BCUT2D eigenvalue weighted by atomic mass is 10.3. The van der Waals surface area contributed by atoms with Crippen LogP contribution in [0.2, 0.25) is 0 Å². The number of hydrogen-bond donors (Lipinski definition) is 2. The molecule has 1 aromatic carbocycles. The van der Waals surface area contributed by atoms with E-state index < -0.39 is 22.0 Å².